The molecule has 0 spiro atoms. The van der Waals surface area contributed by atoms with Gasteiger partial charge in [0, 0.05) is 25.0 Å². The van der Waals surface area contributed by atoms with E-state index in [9.17, 15) is 0 Å². The first-order valence-corrected chi connectivity index (χ1v) is 5.88. The normalized spacial score (nSPS) is 20.8. The van der Waals surface area contributed by atoms with Gasteiger partial charge in [-0.25, -0.2) is 0 Å². The number of likely N-dealkylation sites (tertiary alicyclic amines) is 1. The van der Waals surface area contributed by atoms with E-state index in [0.29, 0.717) is 6.04 Å². The minimum atomic E-state index is 0.570. The number of alkyl halides is 1. The topological polar surface area (TPSA) is 15.3 Å². The van der Waals surface area contributed by atoms with Crippen molar-refractivity contribution >= 4 is 11.6 Å². The maximum atomic E-state index is 5.65. The summed E-state index contributed by atoms with van der Waals surface area (Å²) in [6.07, 6.45) is 3.84. The Labute approximate surface area is 86.6 Å². The van der Waals surface area contributed by atoms with Crippen LogP contribution in [0.5, 0.6) is 0 Å². The highest BCUT2D eigenvalue weighted by molar-refractivity contribution is 6.17. The molecule has 0 radical (unpaired) electrons. The van der Waals surface area contributed by atoms with Crippen LogP contribution in [0.2, 0.25) is 0 Å². The van der Waals surface area contributed by atoms with Gasteiger partial charge in [0.1, 0.15) is 0 Å². The van der Waals surface area contributed by atoms with Gasteiger partial charge in [0.25, 0.3) is 0 Å². The van der Waals surface area contributed by atoms with Crippen LogP contribution in [0.25, 0.3) is 0 Å². The summed E-state index contributed by atoms with van der Waals surface area (Å²) in [7, 11) is 0. The first-order chi connectivity index (χ1) is 6.33. The maximum Gasteiger partial charge on any atom is 0.0238 e. The zero-order chi connectivity index (χ0) is 9.52. The van der Waals surface area contributed by atoms with Crippen LogP contribution in [0.1, 0.15) is 26.2 Å². The zero-order valence-electron chi connectivity index (χ0n) is 8.56. The third kappa shape index (κ3) is 4.84. The fourth-order valence-corrected chi connectivity index (χ4v) is 2.07. The number of halogens is 1. The Bertz CT molecular complexity index is 124. The van der Waals surface area contributed by atoms with Gasteiger partial charge in [0.15, 0.2) is 0 Å². The van der Waals surface area contributed by atoms with Gasteiger partial charge in [0.05, 0.1) is 0 Å². The maximum absolute atomic E-state index is 5.65. The van der Waals surface area contributed by atoms with Crippen molar-refractivity contribution in [2.45, 2.75) is 32.2 Å². The Kier molecular flexibility index (Phi) is 5.76. The number of nitrogens with zero attached hydrogens (tertiary/aromatic N) is 1. The zero-order valence-corrected chi connectivity index (χ0v) is 9.32. The SMILES string of the molecule is CC(CCCl)NCCN1CCCC1. The molecule has 2 nitrogen and oxygen atoms in total. The lowest BCUT2D eigenvalue weighted by molar-refractivity contribution is 0.328. The van der Waals surface area contributed by atoms with Crippen LogP contribution >= 0.6 is 11.6 Å². The van der Waals surface area contributed by atoms with Gasteiger partial charge in [-0.3, -0.25) is 0 Å². The highest BCUT2D eigenvalue weighted by Crippen LogP contribution is 2.05. The second kappa shape index (κ2) is 6.63. The van der Waals surface area contributed by atoms with Crippen LogP contribution in [0.4, 0.5) is 0 Å². The van der Waals surface area contributed by atoms with Crippen LogP contribution in [-0.2, 0) is 0 Å². The highest BCUT2D eigenvalue weighted by Gasteiger charge is 2.10. The summed E-state index contributed by atoms with van der Waals surface area (Å²) < 4.78 is 0. The van der Waals surface area contributed by atoms with Gasteiger partial charge in [-0.05, 0) is 39.3 Å². The molecule has 0 aromatic rings. The summed E-state index contributed by atoms with van der Waals surface area (Å²) in [5.41, 5.74) is 0. The Morgan fingerprint density at radius 2 is 2.08 bits per heavy atom. The first kappa shape index (κ1) is 11.3. The third-order valence-electron chi connectivity index (χ3n) is 2.66. The number of nitrogens with one attached hydrogen (secondary N) is 1. The number of rotatable bonds is 6. The average molecular weight is 205 g/mol. The molecule has 1 saturated heterocycles. The molecule has 0 aromatic heterocycles. The standard InChI is InChI=1S/C10H21ClN2/c1-10(4-5-11)12-6-9-13-7-2-3-8-13/h10,12H,2-9H2,1H3. The molecular formula is C10H21ClN2. The Morgan fingerprint density at radius 3 is 2.69 bits per heavy atom. The predicted octanol–water partition coefficient (Wildman–Crippen LogP) is 1.69. The van der Waals surface area contributed by atoms with Crippen molar-refractivity contribution in [1.29, 1.82) is 0 Å². The lowest BCUT2D eigenvalue weighted by Crippen LogP contribution is -2.34. The van der Waals surface area contributed by atoms with E-state index in [-0.39, 0.29) is 0 Å². The molecule has 0 aromatic carbocycles. The minimum Gasteiger partial charge on any atom is -0.313 e. The van der Waals surface area contributed by atoms with E-state index < -0.39 is 0 Å². The molecule has 0 aliphatic carbocycles. The van der Waals surface area contributed by atoms with Crippen molar-refractivity contribution in [1.82, 2.24) is 10.2 Å². The summed E-state index contributed by atoms with van der Waals surface area (Å²) >= 11 is 5.65. The molecule has 0 bridgehead atoms. The molecule has 78 valence electrons. The summed E-state index contributed by atoms with van der Waals surface area (Å²) in [4.78, 5) is 2.53. The molecule has 13 heavy (non-hydrogen) atoms. The molecule has 0 amide bonds. The molecule has 3 heteroatoms. The monoisotopic (exact) mass is 204 g/mol. The lowest BCUT2D eigenvalue weighted by atomic mass is 10.2. The Morgan fingerprint density at radius 1 is 1.38 bits per heavy atom. The largest absolute Gasteiger partial charge is 0.313 e. The lowest BCUT2D eigenvalue weighted by Gasteiger charge is -2.17. The van der Waals surface area contributed by atoms with E-state index in [1.165, 1.54) is 32.5 Å². The molecule has 1 aliphatic rings. The van der Waals surface area contributed by atoms with Crippen molar-refractivity contribution in [3.63, 3.8) is 0 Å². The molecule has 1 heterocycles. The van der Waals surface area contributed by atoms with Crippen LogP contribution in [0.3, 0.4) is 0 Å². The third-order valence-corrected chi connectivity index (χ3v) is 2.88. The van der Waals surface area contributed by atoms with Crippen molar-refractivity contribution in [2.24, 2.45) is 0 Å². The van der Waals surface area contributed by atoms with E-state index in [0.717, 1.165) is 18.8 Å². The fraction of sp³-hybridized carbons (Fsp3) is 1.00. The van der Waals surface area contributed by atoms with Crippen molar-refractivity contribution in [3.05, 3.63) is 0 Å². The second-order valence-electron chi connectivity index (χ2n) is 3.88. The van der Waals surface area contributed by atoms with Crippen LogP contribution < -0.4 is 5.32 Å². The van der Waals surface area contributed by atoms with Gasteiger partial charge < -0.3 is 10.2 Å². The smallest absolute Gasteiger partial charge is 0.0238 e. The minimum absolute atomic E-state index is 0.570. The van der Waals surface area contributed by atoms with Crippen molar-refractivity contribution in [3.8, 4) is 0 Å². The van der Waals surface area contributed by atoms with Crippen LogP contribution in [0, 0.1) is 0 Å². The summed E-state index contributed by atoms with van der Waals surface area (Å²) in [5, 5.41) is 3.48. The van der Waals surface area contributed by atoms with E-state index in [4.69, 9.17) is 11.6 Å². The molecule has 1 atom stereocenters. The highest BCUT2D eigenvalue weighted by atomic mass is 35.5. The number of hydrogen-bond donors (Lipinski definition) is 1. The van der Waals surface area contributed by atoms with E-state index in [1.807, 2.05) is 0 Å². The summed E-state index contributed by atoms with van der Waals surface area (Å²) in [6.45, 7) is 7.11. The first-order valence-electron chi connectivity index (χ1n) is 5.34. The Balaban J connectivity index is 1.93. The molecule has 1 rings (SSSR count). The van der Waals surface area contributed by atoms with Gasteiger partial charge >= 0.3 is 0 Å². The molecule has 0 saturated carbocycles. The van der Waals surface area contributed by atoms with Gasteiger partial charge in [-0.15, -0.1) is 11.6 Å². The van der Waals surface area contributed by atoms with Crippen LogP contribution in [-0.4, -0.2) is 43.0 Å². The molecule has 1 aliphatic heterocycles. The molecule has 1 fully saturated rings. The van der Waals surface area contributed by atoms with Gasteiger partial charge in [-0.1, -0.05) is 0 Å². The van der Waals surface area contributed by atoms with E-state index in [1.54, 1.807) is 0 Å². The van der Waals surface area contributed by atoms with Gasteiger partial charge in [0.2, 0.25) is 0 Å². The summed E-state index contributed by atoms with van der Waals surface area (Å²) in [6, 6.07) is 0.570. The predicted molar refractivity (Wildman–Crippen MR) is 58.5 cm³/mol. The van der Waals surface area contributed by atoms with Crippen molar-refractivity contribution < 1.29 is 0 Å². The van der Waals surface area contributed by atoms with Crippen molar-refractivity contribution in [2.75, 3.05) is 32.1 Å². The summed E-state index contributed by atoms with van der Waals surface area (Å²) in [5.74, 6) is 0.762. The second-order valence-corrected chi connectivity index (χ2v) is 4.26. The molecular weight excluding hydrogens is 184 g/mol. The quantitative estimate of drug-likeness (QED) is 0.663. The molecule has 1 unspecified atom stereocenters. The van der Waals surface area contributed by atoms with E-state index >= 15 is 0 Å². The van der Waals surface area contributed by atoms with Crippen LogP contribution in [0.15, 0.2) is 0 Å². The average Bonchev–Trinajstić information content (AvgIpc) is 2.57. The number of hydrogen-bond acceptors (Lipinski definition) is 2. The Hall–Kier alpha value is 0.210. The van der Waals surface area contributed by atoms with Gasteiger partial charge in [-0.2, -0.15) is 0 Å². The molecule has 1 N–H and O–H groups in total. The van der Waals surface area contributed by atoms with E-state index in [2.05, 4.69) is 17.1 Å². The fourth-order valence-electron chi connectivity index (χ4n) is 1.74.